The molecule has 1 fully saturated rings. The molecular formula is C28H29F6NO4. The average Bonchev–Trinajstić information content (AvgIpc) is 3.16. The van der Waals surface area contributed by atoms with Gasteiger partial charge in [0.15, 0.2) is 0 Å². The van der Waals surface area contributed by atoms with E-state index in [-0.39, 0.29) is 18.2 Å². The van der Waals surface area contributed by atoms with Crippen LogP contribution < -0.4 is 4.74 Å². The predicted molar refractivity (Wildman–Crippen MR) is 131 cm³/mol. The quantitative estimate of drug-likeness (QED) is 0.326. The molecule has 0 spiro atoms. The first kappa shape index (κ1) is 28.8. The number of allylic oxidation sites excluding steroid dienone is 1. The molecule has 2 aromatic rings. The summed E-state index contributed by atoms with van der Waals surface area (Å²) in [4.78, 5) is 14.3. The van der Waals surface area contributed by atoms with Crippen molar-refractivity contribution in [2.24, 2.45) is 0 Å². The molecule has 0 radical (unpaired) electrons. The Kier molecular flexibility index (Phi) is 8.20. The average molecular weight is 558 g/mol. The summed E-state index contributed by atoms with van der Waals surface area (Å²) >= 11 is 0. The summed E-state index contributed by atoms with van der Waals surface area (Å²) < 4.78 is 96.7. The minimum absolute atomic E-state index is 0.0624. The molecule has 2 aliphatic rings. The van der Waals surface area contributed by atoms with Crippen molar-refractivity contribution < 1.29 is 45.3 Å². The van der Waals surface area contributed by atoms with Gasteiger partial charge in [-0.2, -0.15) is 26.3 Å². The largest absolute Gasteiger partial charge is 0.496 e. The van der Waals surface area contributed by atoms with Crippen LogP contribution in [0.25, 0.3) is 5.57 Å². The molecule has 0 unspecified atom stereocenters. The number of hydrogen-bond donors (Lipinski definition) is 0. The normalized spacial score (nSPS) is 20.4. The first-order valence-electron chi connectivity index (χ1n) is 12.5. The van der Waals surface area contributed by atoms with Crippen molar-refractivity contribution in [2.75, 3.05) is 20.8 Å². The second-order valence-corrected chi connectivity index (χ2v) is 9.77. The molecule has 1 aliphatic heterocycles. The van der Waals surface area contributed by atoms with Gasteiger partial charge in [-0.05, 0) is 85.2 Å². The van der Waals surface area contributed by atoms with Crippen molar-refractivity contribution in [2.45, 2.75) is 63.7 Å². The number of nitrogens with zero attached hydrogens (tertiary/aromatic N) is 1. The van der Waals surface area contributed by atoms with Gasteiger partial charge in [0.2, 0.25) is 0 Å². The van der Waals surface area contributed by atoms with Crippen molar-refractivity contribution in [3.63, 3.8) is 0 Å². The minimum atomic E-state index is -5.00. The number of methoxy groups -OCH3 is 2. The molecule has 0 N–H and O–H groups in total. The van der Waals surface area contributed by atoms with Crippen LogP contribution in [0.1, 0.15) is 66.5 Å². The van der Waals surface area contributed by atoms with Crippen LogP contribution in [-0.2, 0) is 28.4 Å². The Morgan fingerprint density at radius 1 is 0.949 bits per heavy atom. The highest BCUT2D eigenvalue weighted by Gasteiger charge is 2.43. The van der Waals surface area contributed by atoms with Crippen LogP contribution in [-0.4, -0.2) is 37.8 Å². The zero-order valence-corrected chi connectivity index (χ0v) is 21.7. The number of benzene rings is 2. The van der Waals surface area contributed by atoms with E-state index >= 15 is 0 Å². The van der Waals surface area contributed by atoms with Crippen LogP contribution in [0.15, 0.2) is 42.0 Å². The van der Waals surface area contributed by atoms with Gasteiger partial charge in [-0.3, -0.25) is 4.90 Å². The van der Waals surface area contributed by atoms with E-state index in [0.29, 0.717) is 30.9 Å². The van der Waals surface area contributed by atoms with Gasteiger partial charge in [0.05, 0.1) is 30.9 Å². The third kappa shape index (κ3) is 6.18. The molecule has 11 heteroatoms. The molecule has 0 bridgehead atoms. The van der Waals surface area contributed by atoms with Crippen molar-refractivity contribution in [1.82, 2.24) is 4.90 Å². The predicted octanol–water partition coefficient (Wildman–Crippen LogP) is 7.79. The van der Waals surface area contributed by atoms with Gasteiger partial charge in [-0.25, -0.2) is 4.79 Å². The molecule has 2 aromatic carbocycles. The summed E-state index contributed by atoms with van der Waals surface area (Å²) in [5.41, 5.74) is 0.489. The Labute approximate surface area is 222 Å². The first-order valence-corrected chi connectivity index (χ1v) is 12.5. The minimum Gasteiger partial charge on any atom is -0.496 e. The van der Waals surface area contributed by atoms with Crippen LogP contribution in [0.5, 0.6) is 5.75 Å². The van der Waals surface area contributed by atoms with E-state index < -0.39 is 41.7 Å². The third-order valence-corrected chi connectivity index (χ3v) is 7.17. The van der Waals surface area contributed by atoms with E-state index in [1.54, 1.807) is 21.1 Å². The number of carbonyl (C=O) groups is 1. The van der Waals surface area contributed by atoms with Gasteiger partial charge in [-0.15, -0.1) is 0 Å². The van der Waals surface area contributed by atoms with Gasteiger partial charge in [0.25, 0.3) is 0 Å². The van der Waals surface area contributed by atoms with E-state index in [2.05, 4.69) is 0 Å². The summed E-state index contributed by atoms with van der Waals surface area (Å²) in [5.74, 6) is 0.655. The number of carbonyl (C=O) groups excluding carboxylic acids is 1. The molecule has 1 heterocycles. The topological polar surface area (TPSA) is 48.0 Å². The second kappa shape index (κ2) is 11.1. The summed E-state index contributed by atoms with van der Waals surface area (Å²) in [6.45, 7) is 2.09. The maximum Gasteiger partial charge on any atom is 0.416 e. The van der Waals surface area contributed by atoms with Crippen molar-refractivity contribution in [3.05, 3.63) is 69.8 Å². The summed E-state index contributed by atoms with van der Waals surface area (Å²) in [6, 6.07) is 6.20. The molecule has 0 aromatic heterocycles. The van der Waals surface area contributed by atoms with Crippen molar-refractivity contribution in [3.8, 4) is 5.75 Å². The molecule has 212 valence electrons. The molecule has 39 heavy (non-hydrogen) atoms. The molecule has 2 atom stereocenters. The summed E-state index contributed by atoms with van der Waals surface area (Å²) in [5, 5.41) is 0. The molecule has 4 rings (SSSR count). The highest BCUT2D eigenvalue weighted by atomic mass is 19.4. The van der Waals surface area contributed by atoms with Crippen LogP contribution in [0.2, 0.25) is 0 Å². The monoisotopic (exact) mass is 557 g/mol. The zero-order valence-electron chi connectivity index (χ0n) is 21.7. The van der Waals surface area contributed by atoms with Crippen LogP contribution in [0.3, 0.4) is 0 Å². The number of cyclic esters (lactones) is 1. The molecule has 5 nitrogen and oxygen atoms in total. The number of halogens is 6. The number of ether oxygens (including phenoxy) is 3. The Bertz CT molecular complexity index is 1220. The molecular weight excluding hydrogens is 528 g/mol. The Balaban J connectivity index is 1.69. The molecule has 1 amide bonds. The lowest BCUT2D eigenvalue weighted by molar-refractivity contribution is -0.143. The smallest absolute Gasteiger partial charge is 0.416 e. The maximum absolute atomic E-state index is 13.4. The van der Waals surface area contributed by atoms with Gasteiger partial charge in [-0.1, -0.05) is 6.07 Å². The highest BCUT2D eigenvalue weighted by molar-refractivity contribution is 5.77. The SMILES string of the molecule is COCc1ccc(OC)c(C2=C(CN3C(=O)O[C@H](c4cc(C(F)(F)F)cc(C(F)(F)F)c4)[C@@H]3C)CCCC2)c1. The van der Waals surface area contributed by atoms with E-state index in [4.69, 9.17) is 14.2 Å². The lowest BCUT2D eigenvalue weighted by Crippen LogP contribution is -2.34. The van der Waals surface area contributed by atoms with E-state index in [1.807, 2.05) is 18.2 Å². The van der Waals surface area contributed by atoms with Gasteiger partial charge < -0.3 is 14.2 Å². The van der Waals surface area contributed by atoms with E-state index in [0.717, 1.165) is 41.5 Å². The Morgan fingerprint density at radius 3 is 2.18 bits per heavy atom. The highest BCUT2D eigenvalue weighted by Crippen LogP contribution is 2.43. The van der Waals surface area contributed by atoms with Gasteiger partial charge in [0, 0.05) is 19.2 Å². The number of amides is 1. The van der Waals surface area contributed by atoms with Crippen LogP contribution >= 0.6 is 0 Å². The molecule has 0 saturated carbocycles. The fourth-order valence-electron chi connectivity index (χ4n) is 5.22. The van der Waals surface area contributed by atoms with E-state index in [1.165, 1.54) is 4.90 Å². The lowest BCUT2D eigenvalue weighted by Gasteiger charge is -2.28. The summed E-state index contributed by atoms with van der Waals surface area (Å²) in [7, 11) is 3.15. The lowest BCUT2D eigenvalue weighted by atomic mass is 9.86. The number of alkyl halides is 6. The maximum atomic E-state index is 13.4. The Morgan fingerprint density at radius 2 is 1.59 bits per heavy atom. The number of rotatable bonds is 7. The standard InChI is InChI=1S/C28H29F6NO4/c1-16-25(19-11-20(27(29,30)31)13-21(12-19)28(32,33)34)39-26(36)35(16)14-18-6-4-5-7-22(18)23-10-17(15-37-2)8-9-24(23)38-3/h8-13,16,25H,4-7,14-15H2,1-3H3/t16-,25-/m0/s1. The van der Waals surface area contributed by atoms with Crippen molar-refractivity contribution in [1.29, 1.82) is 0 Å². The van der Waals surface area contributed by atoms with Crippen molar-refractivity contribution >= 4 is 11.7 Å². The summed E-state index contributed by atoms with van der Waals surface area (Å²) in [6.07, 6.45) is -8.89. The zero-order chi connectivity index (χ0) is 28.5. The van der Waals surface area contributed by atoms with Gasteiger partial charge in [0.1, 0.15) is 11.9 Å². The van der Waals surface area contributed by atoms with E-state index in [9.17, 15) is 31.1 Å². The Hall–Kier alpha value is -3.21. The first-order chi connectivity index (χ1) is 18.3. The molecule has 1 aliphatic carbocycles. The van der Waals surface area contributed by atoms with Crippen LogP contribution in [0.4, 0.5) is 31.1 Å². The fraction of sp³-hybridized carbons (Fsp3) is 0.464. The second-order valence-electron chi connectivity index (χ2n) is 9.77. The number of hydrogen-bond acceptors (Lipinski definition) is 4. The van der Waals surface area contributed by atoms with Crippen LogP contribution in [0, 0.1) is 0 Å². The molecule has 1 saturated heterocycles. The third-order valence-electron chi connectivity index (χ3n) is 7.17. The fourth-order valence-corrected chi connectivity index (χ4v) is 5.22. The van der Waals surface area contributed by atoms with Gasteiger partial charge >= 0.3 is 18.4 Å².